The summed E-state index contributed by atoms with van der Waals surface area (Å²) in [6.07, 6.45) is 0. The van der Waals surface area contributed by atoms with E-state index in [4.69, 9.17) is 4.74 Å². The van der Waals surface area contributed by atoms with Crippen molar-refractivity contribution in [1.29, 1.82) is 0 Å². The lowest BCUT2D eigenvalue weighted by molar-refractivity contribution is -0.131. The molecule has 6 heteroatoms. The fourth-order valence-electron chi connectivity index (χ4n) is 3.93. The van der Waals surface area contributed by atoms with Gasteiger partial charge in [0.2, 0.25) is 5.91 Å². The first kappa shape index (κ1) is 24.4. The number of carbonyl (C=O) groups excluding carboxylic acids is 3. The maximum absolute atomic E-state index is 13.5. The number of benzene rings is 4. The van der Waals surface area contributed by atoms with Crippen molar-refractivity contribution in [3.8, 4) is 5.75 Å². The van der Waals surface area contributed by atoms with Crippen LogP contribution in [0.2, 0.25) is 0 Å². The average molecular weight is 479 g/mol. The number of ether oxygens (including phenoxy) is 1. The van der Waals surface area contributed by atoms with E-state index in [9.17, 15) is 14.4 Å². The van der Waals surface area contributed by atoms with Crippen molar-refractivity contribution in [1.82, 2.24) is 5.32 Å². The molecule has 0 bridgehead atoms. The summed E-state index contributed by atoms with van der Waals surface area (Å²) in [7, 11) is 0. The lowest BCUT2D eigenvalue weighted by Crippen LogP contribution is -2.25. The molecule has 0 saturated heterocycles. The van der Waals surface area contributed by atoms with E-state index < -0.39 is 11.9 Å². The molecule has 0 saturated carbocycles. The van der Waals surface area contributed by atoms with Crippen LogP contribution >= 0.6 is 0 Å². The van der Waals surface area contributed by atoms with Gasteiger partial charge in [-0.15, -0.1) is 0 Å². The molecule has 0 aliphatic heterocycles. The molecular formula is C30H26N2O4. The van der Waals surface area contributed by atoms with Crippen LogP contribution in [0.1, 0.15) is 39.9 Å². The Kier molecular flexibility index (Phi) is 7.88. The molecule has 4 aromatic carbocycles. The minimum absolute atomic E-state index is 0.166. The summed E-state index contributed by atoms with van der Waals surface area (Å²) in [4.78, 5) is 37.4. The maximum atomic E-state index is 13.5. The average Bonchev–Trinajstić information content (AvgIpc) is 2.89. The summed E-state index contributed by atoms with van der Waals surface area (Å²) in [6, 6.07) is 33.0. The van der Waals surface area contributed by atoms with Crippen molar-refractivity contribution in [3.63, 3.8) is 0 Å². The molecule has 0 aliphatic carbocycles. The van der Waals surface area contributed by atoms with Gasteiger partial charge in [0.25, 0.3) is 5.91 Å². The summed E-state index contributed by atoms with van der Waals surface area (Å²) >= 11 is 0. The number of carbonyl (C=O) groups is 3. The van der Waals surface area contributed by atoms with E-state index in [1.165, 1.54) is 13.0 Å². The monoisotopic (exact) mass is 478 g/mol. The van der Waals surface area contributed by atoms with Gasteiger partial charge in [-0.25, -0.2) is 0 Å². The van der Waals surface area contributed by atoms with E-state index in [-0.39, 0.29) is 18.4 Å². The van der Waals surface area contributed by atoms with Crippen LogP contribution in [0.15, 0.2) is 109 Å². The molecule has 0 heterocycles. The smallest absolute Gasteiger partial charge is 0.308 e. The highest BCUT2D eigenvalue weighted by atomic mass is 16.5. The van der Waals surface area contributed by atoms with Gasteiger partial charge in [0.05, 0.1) is 5.92 Å². The predicted molar refractivity (Wildman–Crippen MR) is 139 cm³/mol. The number of rotatable bonds is 8. The Morgan fingerprint density at radius 2 is 1.36 bits per heavy atom. The number of esters is 1. The summed E-state index contributed by atoms with van der Waals surface area (Å²) in [5, 5.41) is 5.93. The first-order chi connectivity index (χ1) is 17.5. The molecule has 0 radical (unpaired) electrons. The second-order valence-corrected chi connectivity index (χ2v) is 8.20. The van der Waals surface area contributed by atoms with Gasteiger partial charge >= 0.3 is 5.97 Å². The summed E-state index contributed by atoms with van der Waals surface area (Å²) < 4.78 is 5.06. The largest absolute Gasteiger partial charge is 0.427 e. The van der Waals surface area contributed by atoms with Crippen molar-refractivity contribution in [3.05, 3.63) is 131 Å². The number of amides is 2. The van der Waals surface area contributed by atoms with Gasteiger partial charge in [-0.1, -0.05) is 84.9 Å². The Labute approximate surface area is 209 Å². The highest BCUT2D eigenvalue weighted by molar-refractivity contribution is 5.99. The van der Waals surface area contributed by atoms with Crippen LogP contribution in [-0.4, -0.2) is 17.8 Å². The summed E-state index contributed by atoms with van der Waals surface area (Å²) in [5.74, 6) is -1.13. The second-order valence-electron chi connectivity index (χ2n) is 8.20. The fraction of sp³-hybridized carbons (Fsp3) is 0.100. The molecule has 0 aliphatic rings. The van der Waals surface area contributed by atoms with Crippen LogP contribution in [0.3, 0.4) is 0 Å². The summed E-state index contributed by atoms with van der Waals surface area (Å²) in [6.45, 7) is 1.51. The zero-order chi connectivity index (χ0) is 25.3. The summed E-state index contributed by atoms with van der Waals surface area (Å²) in [5.41, 5.74) is 3.52. The minimum Gasteiger partial charge on any atom is -0.427 e. The molecule has 2 amide bonds. The van der Waals surface area contributed by atoms with Crippen LogP contribution in [0.25, 0.3) is 0 Å². The number of anilines is 1. The van der Waals surface area contributed by atoms with Gasteiger partial charge < -0.3 is 15.4 Å². The van der Waals surface area contributed by atoms with Gasteiger partial charge in [0, 0.05) is 24.7 Å². The van der Waals surface area contributed by atoms with Crippen LogP contribution in [0.5, 0.6) is 5.75 Å². The maximum Gasteiger partial charge on any atom is 0.308 e. The van der Waals surface area contributed by atoms with Crippen molar-refractivity contribution in [2.24, 2.45) is 0 Å². The van der Waals surface area contributed by atoms with Crippen LogP contribution < -0.4 is 15.4 Å². The molecule has 36 heavy (non-hydrogen) atoms. The minimum atomic E-state index is -0.487. The lowest BCUT2D eigenvalue weighted by atomic mass is 9.90. The fourth-order valence-corrected chi connectivity index (χ4v) is 3.93. The first-order valence-electron chi connectivity index (χ1n) is 11.6. The molecule has 0 atom stereocenters. The van der Waals surface area contributed by atoms with E-state index in [0.29, 0.717) is 17.0 Å². The van der Waals surface area contributed by atoms with E-state index in [2.05, 4.69) is 10.6 Å². The number of hydrogen-bond acceptors (Lipinski definition) is 4. The van der Waals surface area contributed by atoms with Crippen LogP contribution in [-0.2, 0) is 16.1 Å². The normalized spacial score (nSPS) is 10.5. The molecule has 0 unspecified atom stereocenters. The van der Waals surface area contributed by atoms with Gasteiger partial charge in [-0.3, -0.25) is 14.4 Å². The Morgan fingerprint density at radius 1 is 0.750 bits per heavy atom. The Balaban J connectivity index is 1.50. The number of nitrogens with one attached hydrogen (secondary N) is 2. The highest BCUT2D eigenvalue weighted by Gasteiger charge is 2.23. The van der Waals surface area contributed by atoms with Gasteiger partial charge in [0.1, 0.15) is 5.75 Å². The van der Waals surface area contributed by atoms with E-state index in [1.54, 1.807) is 18.2 Å². The molecule has 4 aromatic rings. The van der Waals surface area contributed by atoms with Gasteiger partial charge in [-0.05, 0) is 41.0 Å². The van der Waals surface area contributed by atoms with E-state index >= 15 is 0 Å². The molecule has 4 rings (SSSR count). The predicted octanol–water partition coefficient (Wildman–Crippen LogP) is 5.31. The standard InChI is InChI=1S/C30H26N2O4/c1-21(33)36-26-17-10-16-24(19-26)29(34)31-20-25-15-8-9-18-27(25)32-30(35)28(22-11-4-2-5-12-22)23-13-6-3-7-14-23/h2-19,28H,20H2,1H3,(H,31,34)(H,32,35). The lowest BCUT2D eigenvalue weighted by Gasteiger charge is -2.19. The van der Waals surface area contributed by atoms with Crippen molar-refractivity contribution < 1.29 is 19.1 Å². The third-order valence-electron chi connectivity index (χ3n) is 5.60. The second kappa shape index (κ2) is 11.6. The molecule has 2 N–H and O–H groups in total. The van der Waals surface area contributed by atoms with Crippen LogP contribution in [0.4, 0.5) is 5.69 Å². The van der Waals surface area contributed by atoms with Crippen molar-refractivity contribution in [2.75, 3.05) is 5.32 Å². The Hall–Kier alpha value is -4.71. The van der Waals surface area contributed by atoms with Crippen LogP contribution in [0, 0.1) is 0 Å². The molecular weight excluding hydrogens is 452 g/mol. The molecule has 0 fully saturated rings. The SMILES string of the molecule is CC(=O)Oc1cccc(C(=O)NCc2ccccc2NC(=O)C(c2ccccc2)c2ccccc2)c1. The first-order valence-corrected chi connectivity index (χ1v) is 11.6. The third kappa shape index (κ3) is 6.24. The Morgan fingerprint density at radius 3 is 2.00 bits per heavy atom. The number of hydrogen-bond donors (Lipinski definition) is 2. The zero-order valence-corrected chi connectivity index (χ0v) is 19.8. The molecule has 180 valence electrons. The van der Waals surface area contributed by atoms with Crippen molar-refractivity contribution in [2.45, 2.75) is 19.4 Å². The van der Waals surface area contributed by atoms with E-state index in [1.807, 2.05) is 84.9 Å². The Bertz CT molecular complexity index is 1310. The highest BCUT2D eigenvalue weighted by Crippen LogP contribution is 2.27. The molecule has 6 nitrogen and oxygen atoms in total. The quantitative estimate of drug-likeness (QED) is 0.265. The van der Waals surface area contributed by atoms with E-state index in [0.717, 1.165) is 16.7 Å². The van der Waals surface area contributed by atoms with Gasteiger partial charge in [0.15, 0.2) is 0 Å². The third-order valence-corrected chi connectivity index (χ3v) is 5.60. The molecule has 0 spiro atoms. The van der Waals surface area contributed by atoms with Gasteiger partial charge in [-0.2, -0.15) is 0 Å². The molecule has 0 aromatic heterocycles. The van der Waals surface area contributed by atoms with Crippen molar-refractivity contribution >= 4 is 23.5 Å². The topological polar surface area (TPSA) is 84.5 Å². The number of para-hydroxylation sites is 1. The zero-order valence-electron chi connectivity index (χ0n) is 19.8.